The maximum atomic E-state index is 14.1. The highest BCUT2D eigenvalue weighted by Crippen LogP contribution is 2.67. The van der Waals surface area contributed by atoms with Crippen LogP contribution in [0.4, 0.5) is 15.1 Å². The third-order valence-corrected chi connectivity index (χ3v) is 6.51. The topological polar surface area (TPSA) is 100 Å². The van der Waals surface area contributed by atoms with Gasteiger partial charge >= 0.3 is 6.09 Å². The fraction of sp³-hybridized carbons (Fsp3) is 0.500. The van der Waals surface area contributed by atoms with Gasteiger partial charge in [-0.25, -0.2) is 14.2 Å². The molecule has 1 amide bonds. The van der Waals surface area contributed by atoms with Crippen LogP contribution in [-0.4, -0.2) is 49.8 Å². The molecule has 29 heavy (non-hydrogen) atoms. The Morgan fingerprint density at radius 1 is 1.41 bits per heavy atom. The Morgan fingerprint density at radius 3 is 2.72 bits per heavy atom. The summed E-state index contributed by atoms with van der Waals surface area (Å²) in [5.41, 5.74) is -0.261. The molecule has 2 aromatic rings. The Morgan fingerprint density at radius 2 is 2.14 bits per heavy atom. The molecular weight excluding hydrogens is 377 g/mol. The van der Waals surface area contributed by atoms with Gasteiger partial charge in [-0.15, -0.1) is 0 Å². The van der Waals surface area contributed by atoms with Crippen LogP contribution in [0.3, 0.4) is 0 Å². The quantitative estimate of drug-likeness (QED) is 0.819. The summed E-state index contributed by atoms with van der Waals surface area (Å²) in [5.74, 6) is -0.0869. The van der Waals surface area contributed by atoms with E-state index in [4.69, 9.17) is 0 Å². The van der Waals surface area contributed by atoms with E-state index in [0.717, 1.165) is 6.20 Å². The van der Waals surface area contributed by atoms with Crippen molar-refractivity contribution in [3.63, 3.8) is 0 Å². The van der Waals surface area contributed by atoms with E-state index in [1.54, 1.807) is 7.05 Å². The molecule has 0 spiro atoms. The summed E-state index contributed by atoms with van der Waals surface area (Å²) in [6, 6.07) is 2.76. The minimum Gasteiger partial charge on any atom is -0.465 e. The zero-order valence-electron chi connectivity index (χ0n) is 16.8. The standard InChI is InChI=1S/C20H24FN5O3/c1-19(2,3)20-10-26(18(28)29)9-12(20)16(20)24-17-23-14(7-15(27)25(17)4)11-5-6-22-8-13(11)21/h5-8,12,16H,9-10H2,1-4H3,(H,23,24)(H,28,29)/t12-,16+,20-/m1/s1. The zero-order valence-corrected chi connectivity index (χ0v) is 16.8. The van der Waals surface area contributed by atoms with Crippen molar-refractivity contribution in [3.8, 4) is 11.3 Å². The summed E-state index contributed by atoms with van der Waals surface area (Å²) < 4.78 is 15.5. The van der Waals surface area contributed by atoms with Crippen molar-refractivity contribution in [3.05, 3.63) is 40.7 Å². The third kappa shape index (κ3) is 2.87. The van der Waals surface area contributed by atoms with Gasteiger partial charge < -0.3 is 15.3 Å². The SMILES string of the molecule is Cn1c(N[C@H]2[C@H]3CN(C(=O)O)C[C@@]32C(C)(C)C)nc(-c2ccncc2F)cc1=O. The lowest BCUT2D eigenvalue weighted by molar-refractivity contribution is 0.131. The van der Waals surface area contributed by atoms with Gasteiger partial charge in [0.15, 0.2) is 5.82 Å². The summed E-state index contributed by atoms with van der Waals surface area (Å²) in [6.45, 7) is 7.17. The smallest absolute Gasteiger partial charge is 0.407 e. The van der Waals surface area contributed by atoms with Crippen LogP contribution >= 0.6 is 0 Å². The number of rotatable bonds is 3. The van der Waals surface area contributed by atoms with Crippen molar-refractivity contribution < 1.29 is 14.3 Å². The number of fused-ring (bicyclic) bond motifs is 1. The van der Waals surface area contributed by atoms with Crippen LogP contribution < -0.4 is 10.9 Å². The monoisotopic (exact) mass is 401 g/mol. The number of pyridine rings is 1. The molecule has 8 nitrogen and oxygen atoms in total. The lowest BCUT2D eigenvalue weighted by Crippen LogP contribution is -2.40. The first-order valence-corrected chi connectivity index (χ1v) is 9.48. The molecule has 2 N–H and O–H groups in total. The third-order valence-electron chi connectivity index (χ3n) is 6.51. The van der Waals surface area contributed by atoms with Crippen molar-refractivity contribution in [1.29, 1.82) is 0 Å². The number of anilines is 1. The predicted octanol–water partition coefficient (Wildman–Crippen LogP) is 2.42. The van der Waals surface area contributed by atoms with Gasteiger partial charge in [0.05, 0.1) is 11.9 Å². The normalized spacial score (nSPS) is 25.6. The van der Waals surface area contributed by atoms with Crippen molar-refractivity contribution in [2.24, 2.45) is 23.8 Å². The van der Waals surface area contributed by atoms with Gasteiger partial charge in [-0.1, -0.05) is 20.8 Å². The molecule has 2 aliphatic rings. The fourth-order valence-corrected chi connectivity index (χ4v) is 4.78. The van der Waals surface area contributed by atoms with Crippen LogP contribution in [0.5, 0.6) is 0 Å². The Balaban J connectivity index is 1.68. The second-order valence-corrected chi connectivity index (χ2v) is 8.90. The number of hydrogen-bond acceptors (Lipinski definition) is 5. The molecule has 0 radical (unpaired) electrons. The number of nitrogens with one attached hydrogen (secondary N) is 1. The summed E-state index contributed by atoms with van der Waals surface area (Å²) in [6.07, 6.45) is 1.62. The number of piperidine rings is 1. The number of halogens is 1. The number of carboxylic acid groups (broad SMARTS) is 1. The Hall–Kier alpha value is -2.97. The van der Waals surface area contributed by atoms with Crippen LogP contribution in [-0.2, 0) is 7.05 Å². The summed E-state index contributed by atoms with van der Waals surface area (Å²) in [5, 5.41) is 12.7. The summed E-state index contributed by atoms with van der Waals surface area (Å²) in [4.78, 5) is 33.6. The molecule has 9 heteroatoms. The molecule has 1 saturated carbocycles. The largest absolute Gasteiger partial charge is 0.465 e. The van der Waals surface area contributed by atoms with Crippen molar-refractivity contribution in [2.75, 3.05) is 18.4 Å². The second kappa shape index (κ2) is 6.27. The van der Waals surface area contributed by atoms with E-state index >= 15 is 0 Å². The average molecular weight is 401 g/mol. The molecule has 0 aromatic carbocycles. The first kappa shape index (κ1) is 19.4. The summed E-state index contributed by atoms with van der Waals surface area (Å²) >= 11 is 0. The van der Waals surface area contributed by atoms with Gasteiger partial charge in [0, 0.05) is 55.3 Å². The molecule has 2 fully saturated rings. The van der Waals surface area contributed by atoms with Crippen LogP contribution in [0.25, 0.3) is 11.3 Å². The predicted molar refractivity (Wildman–Crippen MR) is 105 cm³/mol. The lowest BCUT2D eigenvalue weighted by atomic mass is 9.76. The second-order valence-electron chi connectivity index (χ2n) is 8.90. The molecule has 1 aliphatic carbocycles. The van der Waals surface area contributed by atoms with E-state index in [1.165, 1.54) is 27.8 Å². The number of amides is 1. The molecule has 0 unspecified atom stereocenters. The average Bonchev–Trinajstić information content (AvgIpc) is 3.05. The molecule has 4 rings (SSSR count). The van der Waals surface area contributed by atoms with E-state index in [9.17, 15) is 19.1 Å². The highest BCUT2D eigenvalue weighted by molar-refractivity contribution is 5.67. The fourth-order valence-electron chi connectivity index (χ4n) is 4.78. The number of carbonyl (C=O) groups is 1. The number of hydrogen-bond donors (Lipinski definition) is 2. The number of aromatic nitrogens is 3. The Kier molecular flexibility index (Phi) is 4.18. The lowest BCUT2D eigenvalue weighted by Gasteiger charge is -2.33. The first-order valence-electron chi connectivity index (χ1n) is 9.48. The molecule has 1 aliphatic heterocycles. The highest BCUT2D eigenvalue weighted by atomic mass is 19.1. The minimum atomic E-state index is -0.916. The zero-order chi connectivity index (χ0) is 21.1. The Labute approximate surface area is 167 Å². The van der Waals surface area contributed by atoms with Crippen molar-refractivity contribution in [2.45, 2.75) is 26.8 Å². The van der Waals surface area contributed by atoms with Crippen LogP contribution in [0, 0.1) is 22.6 Å². The van der Waals surface area contributed by atoms with Crippen molar-refractivity contribution in [1.82, 2.24) is 19.4 Å². The van der Waals surface area contributed by atoms with Gasteiger partial charge in [-0.2, -0.15) is 0 Å². The molecular formula is C20H24FN5O3. The van der Waals surface area contributed by atoms with Gasteiger partial charge in [-0.05, 0) is 11.5 Å². The molecule has 3 atom stereocenters. The van der Waals surface area contributed by atoms with Crippen LogP contribution in [0.15, 0.2) is 29.3 Å². The molecule has 1 saturated heterocycles. The van der Waals surface area contributed by atoms with Gasteiger partial charge in [0.25, 0.3) is 5.56 Å². The molecule has 154 valence electrons. The van der Waals surface area contributed by atoms with E-state index in [-0.39, 0.29) is 39.6 Å². The molecule has 2 aromatic heterocycles. The van der Waals surface area contributed by atoms with E-state index in [0.29, 0.717) is 19.0 Å². The van der Waals surface area contributed by atoms with Gasteiger partial charge in [0.1, 0.15) is 0 Å². The Bertz CT molecular complexity index is 1050. The number of nitrogens with zero attached hydrogens (tertiary/aromatic N) is 4. The van der Waals surface area contributed by atoms with E-state index in [2.05, 4.69) is 36.1 Å². The maximum absolute atomic E-state index is 14.1. The first-order chi connectivity index (χ1) is 13.6. The number of likely N-dealkylation sites (tertiary alicyclic amines) is 1. The van der Waals surface area contributed by atoms with Crippen molar-refractivity contribution >= 4 is 12.0 Å². The van der Waals surface area contributed by atoms with E-state index in [1.807, 2.05) is 0 Å². The molecule has 3 heterocycles. The maximum Gasteiger partial charge on any atom is 0.407 e. The van der Waals surface area contributed by atoms with Gasteiger partial charge in [0.2, 0.25) is 5.95 Å². The van der Waals surface area contributed by atoms with Crippen LogP contribution in [0.2, 0.25) is 0 Å². The highest BCUT2D eigenvalue weighted by Gasteiger charge is 2.74. The van der Waals surface area contributed by atoms with Gasteiger partial charge in [-0.3, -0.25) is 14.3 Å². The van der Waals surface area contributed by atoms with E-state index < -0.39 is 11.9 Å². The minimum absolute atomic E-state index is 0.0197. The molecule has 0 bridgehead atoms. The summed E-state index contributed by atoms with van der Waals surface area (Å²) in [7, 11) is 1.61. The van der Waals surface area contributed by atoms with Crippen LogP contribution in [0.1, 0.15) is 20.8 Å².